The molecule has 0 saturated heterocycles. The van der Waals surface area contributed by atoms with Gasteiger partial charge in [-0.25, -0.2) is 0 Å². The van der Waals surface area contributed by atoms with Gasteiger partial charge in [0.1, 0.15) is 41.1 Å². The van der Waals surface area contributed by atoms with Gasteiger partial charge in [-0.2, -0.15) is 0 Å². The minimum Gasteiger partial charge on any atom is -0.496 e. The average molecular weight is 1180 g/mol. The lowest BCUT2D eigenvalue weighted by Gasteiger charge is -2.22. The Kier molecular flexibility index (Phi) is 30.1. The molecule has 0 saturated carbocycles. The number of hydrogen-bond acceptors (Lipinski definition) is 17. The zero-order valence-corrected chi connectivity index (χ0v) is 49.2. The second-order valence-corrected chi connectivity index (χ2v) is 20.2. The van der Waals surface area contributed by atoms with Crippen molar-refractivity contribution in [3.8, 4) is 23.0 Å². The minimum absolute atomic E-state index is 0.0223. The zero-order valence-electron chi connectivity index (χ0n) is 49.2. The molecule has 0 bridgehead atoms. The molecule has 25 nitrogen and oxygen atoms in total. The van der Waals surface area contributed by atoms with E-state index in [9.17, 15) is 38.4 Å². The Balaban J connectivity index is 1.57. The van der Waals surface area contributed by atoms with Gasteiger partial charge in [-0.3, -0.25) is 38.4 Å². The van der Waals surface area contributed by atoms with Gasteiger partial charge in [0.15, 0.2) is 0 Å². The molecular weight excluding hydrogens is 1090 g/mol. The van der Waals surface area contributed by atoms with Crippen LogP contribution in [0.4, 0.5) is 22.7 Å². The van der Waals surface area contributed by atoms with E-state index in [1.54, 1.807) is 6.07 Å². The van der Waals surface area contributed by atoms with Crippen LogP contribution in [-0.4, -0.2) is 126 Å². The topological polar surface area (TPSA) is 414 Å². The molecule has 85 heavy (non-hydrogen) atoms. The summed E-state index contributed by atoms with van der Waals surface area (Å²) in [5.74, 6) is -4.48. The van der Waals surface area contributed by atoms with Gasteiger partial charge in [-0.05, 0) is 150 Å². The monoisotopic (exact) mass is 1180 g/mol. The zero-order chi connectivity index (χ0) is 62.3. The summed E-state index contributed by atoms with van der Waals surface area (Å²) in [6, 6.07) is 13.5. The maximum Gasteiger partial charge on any atom is 0.255 e. The first-order chi connectivity index (χ1) is 40.9. The number of ether oxygens (including phenoxy) is 4. The van der Waals surface area contributed by atoms with Gasteiger partial charge in [-0.15, -0.1) is 0 Å². The number of benzene rings is 4. The normalized spacial score (nSPS) is 12.3. The maximum atomic E-state index is 14.4. The molecule has 25 heteroatoms. The van der Waals surface area contributed by atoms with Crippen molar-refractivity contribution in [1.82, 2.24) is 16.0 Å². The predicted octanol–water partition coefficient (Wildman–Crippen LogP) is 4.37. The molecule has 0 heterocycles. The smallest absolute Gasteiger partial charge is 0.255 e. The van der Waals surface area contributed by atoms with Crippen LogP contribution in [0.2, 0.25) is 0 Å². The Morgan fingerprint density at radius 2 is 0.624 bits per heavy atom. The summed E-state index contributed by atoms with van der Waals surface area (Å²) < 4.78 is 21.8. The van der Waals surface area contributed by atoms with Crippen LogP contribution in [0.25, 0.3) is 0 Å². The third-order valence-corrected chi connectivity index (χ3v) is 13.9. The van der Waals surface area contributed by atoms with Gasteiger partial charge >= 0.3 is 0 Å². The number of unbranched alkanes of at least 4 members (excludes halogenated alkanes) is 8. The molecule has 4 rings (SSSR count). The van der Waals surface area contributed by atoms with Crippen molar-refractivity contribution in [3.63, 3.8) is 0 Å². The highest BCUT2D eigenvalue weighted by molar-refractivity contribution is 6.07. The number of anilines is 4. The SMILES string of the molecule is COc1ccc(NC(=O)[C@H](CCCCCN)NC(=O)c2cc(NC(=O)[C@H](CCCCCN)NC(=O)c3cc(NC(=O)[C@H](CCCCCN)NC(=O)c4cc(NC(=O)[C@@H](N)CCCCCN)ccc4OC)ccc3OC)ccc2OC)cc1C(N)=O. The molecular formula is C60H87N13O12. The second kappa shape index (κ2) is 37.1. The first-order valence-corrected chi connectivity index (χ1v) is 28.7. The molecule has 4 aromatic carbocycles. The molecule has 0 aliphatic heterocycles. The van der Waals surface area contributed by atoms with Crippen molar-refractivity contribution in [2.75, 3.05) is 75.9 Å². The van der Waals surface area contributed by atoms with Crippen LogP contribution >= 0.6 is 0 Å². The molecule has 8 amide bonds. The lowest BCUT2D eigenvalue weighted by Crippen LogP contribution is -2.44. The van der Waals surface area contributed by atoms with E-state index in [1.807, 2.05) is 0 Å². The number of primary amides is 1. The summed E-state index contributed by atoms with van der Waals surface area (Å²) in [6.45, 7) is 1.83. The quantitative estimate of drug-likeness (QED) is 0.0276. The van der Waals surface area contributed by atoms with Crippen LogP contribution in [0, 0.1) is 0 Å². The molecule has 0 radical (unpaired) electrons. The lowest BCUT2D eigenvalue weighted by atomic mass is 10.0. The Morgan fingerprint density at radius 3 is 0.894 bits per heavy atom. The van der Waals surface area contributed by atoms with E-state index in [0.29, 0.717) is 96.1 Å². The number of nitrogens with two attached hydrogens (primary N) is 6. The molecule has 0 unspecified atom stereocenters. The lowest BCUT2D eigenvalue weighted by molar-refractivity contribution is -0.118. The maximum absolute atomic E-state index is 14.4. The van der Waals surface area contributed by atoms with Crippen molar-refractivity contribution in [3.05, 3.63) is 95.1 Å². The van der Waals surface area contributed by atoms with Gasteiger partial charge in [0.25, 0.3) is 23.6 Å². The summed E-state index contributed by atoms with van der Waals surface area (Å²) >= 11 is 0. The predicted molar refractivity (Wildman–Crippen MR) is 327 cm³/mol. The third-order valence-electron chi connectivity index (χ3n) is 13.9. The fourth-order valence-electron chi connectivity index (χ4n) is 9.13. The Labute approximate surface area is 496 Å². The molecule has 4 atom stereocenters. The van der Waals surface area contributed by atoms with Gasteiger partial charge in [0, 0.05) is 22.7 Å². The van der Waals surface area contributed by atoms with Gasteiger partial charge in [0.05, 0.1) is 56.7 Å². The molecule has 0 spiro atoms. The second-order valence-electron chi connectivity index (χ2n) is 20.2. The van der Waals surface area contributed by atoms with Gasteiger partial charge in [0.2, 0.25) is 23.6 Å². The number of methoxy groups -OCH3 is 4. The van der Waals surface area contributed by atoms with Crippen molar-refractivity contribution in [2.45, 2.75) is 127 Å². The van der Waals surface area contributed by atoms with E-state index in [4.69, 9.17) is 53.3 Å². The number of carbonyl (C=O) groups excluding carboxylic acids is 8. The molecule has 0 fully saturated rings. The molecule has 4 aromatic rings. The van der Waals surface area contributed by atoms with Crippen LogP contribution in [-0.2, 0) is 19.2 Å². The molecule has 464 valence electrons. The Morgan fingerprint density at radius 1 is 0.365 bits per heavy atom. The van der Waals surface area contributed by atoms with Crippen molar-refractivity contribution in [2.24, 2.45) is 34.4 Å². The summed E-state index contributed by atoms with van der Waals surface area (Å²) in [5, 5.41) is 19.6. The number of nitrogens with one attached hydrogen (secondary N) is 7. The van der Waals surface area contributed by atoms with Gasteiger partial charge < -0.3 is 90.6 Å². The highest BCUT2D eigenvalue weighted by atomic mass is 16.5. The molecule has 19 N–H and O–H groups in total. The summed E-state index contributed by atoms with van der Waals surface area (Å²) in [7, 11) is 5.48. The van der Waals surface area contributed by atoms with E-state index in [-0.39, 0.29) is 81.6 Å². The number of hydrogen-bond donors (Lipinski definition) is 13. The fraction of sp³-hybridized carbons (Fsp3) is 0.467. The first-order valence-electron chi connectivity index (χ1n) is 28.7. The standard InChI is InChI=1S/C60H87N13O12/c1-82-49-25-21-37(33-41(49)53(66)74)68-58(79)46(18-10-6-14-30-62)71-55(76)43-35-39(23-27-51(43)84-3)70-60(81)48(20-12-8-16-32-64)73-56(77)44-36-40(24-28-52(44)85-4)69-59(80)47(19-11-7-15-31-63)72-54(75)42-34-38(22-26-50(42)83-2)67-57(78)45(65)17-9-5-13-29-61/h21-28,33-36,45-48H,5-20,29-32,61-65H2,1-4H3,(H2,66,74)(H,67,78)(H,68,79)(H,69,80)(H,70,81)(H,71,76)(H,72,75)(H,73,77)/t45-,46-,47-,48-/m0/s1. The summed E-state index contributed by atoms with van der Waals surface area (Å²) in [5.41, 5.74) is 35.4. The molecule has 0 aliphatic rings. The summed E-state index contributed by atoms with van der Waals surface area (Å²) in [4.78, 5) is 110. The van der Waals surface area contributed by atoms with E-state index >= 15 is 0 Å². The number of carbonyl (C=O) groups is 8. The number of amides is 8. The van der Waals surface area contributed by atoms with Gasteiger partial charge in [-0.1, -0.05) is 51.4 Å². The van der Waals surface area contributed by atoms with Crippen LogP contribution in [0.15, 0.2) is 72.8 Å². The van der Waals surface area contributed by atoms with E-state index < -0.39 is 71.4 Å². The molecule has 0 aromatic heterocycles. The van der Waals surface area contributed by atoms with Crippen molar-refractivity contribution in [1.29, 1.82) is 0 Å². The first kappa shape index (κ1) is 69.1. The van der Waals surface area contributed by atoms with Crippen LogP contribution in [0.5, 0.6) is 23.0 Å². The Bertz CT molecular complexity index is 2870. The van der Waals surface area contributed by atoms with Crippen LogP contribution in [0.1, 0.15) is 144 Å². The average Bonchev–Trinajstić information content (AvgIpc) is 3.36. The highest BCUT2D eigenvalue weighted by Gasteiger charge is 2.29. The van der Waals surface area contributed by atoms with Crippen molar-refractivity contribution >= 4 is 70.0 Å². The third kappa shape index (κ3) is 22.3. The largest absolute Gasteiger partial charge is 0.496 e. The van der Waals surface area contributed by atoms with E-state index in [1.165, 1.54) is 95.2 Å². The number of rotatable bonds is 39. The van der Waals surface area contributed by atoms with Crippen molar-refractivity contribution < 1.29 is 57.3 Å². The van der Waals surface area contributed by atoms with E-state index in [0.717, 1.165) is 19.3 Å². The van der Waals surface area contributed by atoms with Crippen LogP contribution < -0.4 is 90.6 Å². The highest BCUT2D eigenvalue weighted by Crippen LogP contribution is 2.28. The van der Waals surface area contributed by atoms with Crippen LogP contribution in [0.3, 0.4) is 0 Å². The summed E-state index contributed by atoms with van der Waals surface area (Å²) in [6.07, 6.45) is 8.99. The minimum atomic E-state index is -1.15. The van der Waals surface area contributed by atoms with E-state index in [2.05, 4.69) is 37.2 Å². The Hall–Kier alpha value is -8.36. The molecule has 0 aliphatic carbocycles. The fourth-order valence-corrected chi connectivity index (χ4v) is 9.13.